The van der Waals surface area contributed by atoms with Crippen molar-refractivity contribution in [3.63, 3.8) is 0 Å². The van der Waals surface area contributed by atoms with E-state index in [1.54, 1.807) is 0 Å². The number of unbranched alkanes of at least 4 members (excludes halogenated alkanes) is 6. The van der Waals surface area contributed by atoms with Crippen LogP contribution in [0.2, 0.25) is 0 Å². The summed E-state index contributed by atoms with van der Waals surface area (Å²) >= 11 is 0. The van der Waals surface area contributed by atoms with Gasteiger partial charge in [-0.25, -0.2) is 0 Å². The van der Waals surface area contributed by atoms with E-state index < -0.39 is 0 Å². The van der Waals surface area contributed by atoms with Crippen LogP contribution in [-0.2, 0) is 12.8 Å². The molecule has 0 aliphatic rings. The summed E-state index contributed by atoms with van der Waals surface area (Å²) in [4.78, 5) is 7.37. The Kier molecular flexibility index (Phi) is 6.44. The van der Waals surface area contributed by atoms with Gasteiger partial charge in [0, 0.05) is 33.2 Å². The monoisotopic (exact) mass is 474 g/mol. The SMILES string of the molecule is CCCCCCc1cc2c(ccc3c2ccc2c4ccc5[nH]c(CCCCCC)cc5c4ccc32)[nH]1. The van der Waals surface area contributed by atoms with Crippen molar-refractivity contribution in [3.8, 4) is 0 Å². The molecular weight excluding hydrogens is 436 g/mol. The van der Waals surface area contributed by atoms with E-state index in [9.17, 15) is 0 Å². The number of rotatable bonds is 10. The zero-order chi connectivity index (χ0) is 24.5. The van der Waals surface area contributed by atoms with E-state index in [1.165, 1.54) is 117 Å². The standard InChI is InChI=1S/C34H38N2/c1-3-5-7-9-11-23-21-31-29-15-13-26-25(27(29)17-19-33(31)35-23)14-16-30-28(26)18-20-34-32(30)22-24(36-34)12-10-8-6-4-2/h13-22,35-36H,3-12H2,1-2H3. The average molecular weight is 475 g/mol. The van der Waals surface area contributed by atoms with Crippen molar-refractivity contribution < 1.29 is 0 Å². The first kappa shape index (κ1) is 23.2. The third-order valence-electron chi connectivity index (χ3n) is 8.11. The summed E-state index contributed by atoms with van der Waals surface area (Å²) in [6.45, 7) is 4.55. The predicted molar refractivity (Wildman–Crippen MR) is 158 cm³/mol. The van der Waals surface area contributed by atoms with Gasteiger partial charge in [0.15, 0.2) is 0 Å². The molecule has 0 saturated carbocycles. The summed E-state index contributed by atoms with van der Waals surface area (Å²) in [5, 5.41) is 10.8. The number of hydrogen-bond donors (Lipinski definition) is 2. The van der Waals surface area contributed by atoms with Gasteiger partial charge in [0.05, 0.1) is 0 Å². The lowest BCUT2D eigenvalue weighted by atomic mass is 9.94. The van der Waals surface area contributed by atoms with Crippen molar-refractivity contribution in [2.24, 2.45) is 0 Å². The van der Waals surface area contributed by atoms with Crippen LogP contribution in [0.4, 0.5) is 0 Å². The molecule has 0 aliphatic heterocycles. The van der Waals surface area contributed by atoms with Crippen LogP contribution in [0.1, 0.15) is 76.6 Å². The molecule has 2 nitrogen and oxygen atoms in total. The molecule has 6 aromatic rings. The van der Waals surface area contributed by atoms with Gasteiger partial charge in [0.25, 0.3) is 0 Å². The fourth-order valence-corrected chi connectivity index (χ4v) is 6.13. The summed E-state index contributed by atoms with van der Waals surface area (Å²) in [6.07, 6.45) is 12.7. The van der Waals surface area contributed by atoms with Crippen molar-refractivity contribution in [1.29, 1.82) is 0 Å². The van der Waals surface area contributed by atoms with E-state index in [1.807, 2.05) is 0 Å². The van der Waals surface area contributed by atoms with Crippen LogP contribution in [0, 0.1) is 0 Å². The van der Waals surface area contributed by atoms with Gasteiger partial charge >= 0.3 is 0 Å². The third kappa shape index (κ3) is 4.17. The maximum atomic E-state index is 3.68. The number of fused-ring (bicyclic) bond motifs is 9. The van der Waals surface area contributed by atoms with Crippen molar-refractivity contribution in [3.05, 3.63) is 72.1 Å². The van der Waals surface area contributed by atoms with Gasteiger partial charge in [0.2, 0.25) is 0 Å². The minimum atomic E-state index is 1.14. The topological polar surface area (TPSA) is 31.6 Å². The van der Waals surface area contributed by atoms with Crippen LogP contribution in [0.3, 0.4) is 0 Å². The molecule has 0 fully saturated rings. The Morgan fingerprint density at radius 3 is 1.17 bits per heavy atom. The molecule has 0 saturated heterocycles. The Morgan fingerprint density at radius 2 is 0.778 bits per heavy atom. The van der Waals surface area contributed by atoms with E-state index in [2.05, 4.69) is 84.5 Å². The molecule has 0 radical (unpaired) electrons. The lowest BCUT2D eigenvalue weighted by Crippen LogP contribution is -1.84. The Hall–Kier alpha value is -3.26. The summed E-state index contributed by atoms with van der Waals surface area (Å²) in [7, 11) is 0. The fraction of sp³-hybridized carbons (Fsp3) is 0.353. The van der Waals surface area contributed by atoms with Gasteiger partial charge in [-0.3, -0.25) is 0 Å². The van der Waals surface area contributed by atoms with E-state index in [-0.39, 0.29) is 0 Å². The fourth-order valence-electron chi connectivity index (χ4n) is 6.13. The molecule has 6 rings (SSSR count). The third-order valence-corrected chi connectivity index (χ3v) is 8.11. The van der Waals surface area contributed by atoms with Crippen LogP contribution in [-0.4, -0.2) is 9.97 Å². The Balaban J connectivity index is 1.39. The van der Waals surface area contributed by atoms with Crippen LogP contribution < -0.4 is 0 Å². The van der Waals surface area contributed by atoms with Gasteiger partial charge in [-0.2, -0.15) is 0 Å². The second-order valence-electron chi connectivity index (χ2n) is 10.7. The van der Waals surface area contributed by atoms with Gasteiger partial charge in [-0.05, 0) is 82.3 Å². The number of aryl methyl sites for hydroxylation is 2. The average Bonchev–Trinajstić information content (AvgIpc) is 3.52. The number of hydrogen-bond acceptors (Lipinski definition) is 0. The van der Waals surface area contributed by atoms with Crippen LogP contribution in [0.5, 0.6) is 0 Å². The summed E-state index contributed by atoms with van der Waals surface area (Å²) in [6, 6.07) is 23.3. The summed E-state index contributed by atoms with van der Waals surface area (Å²) < 4.78 is 0. The smallest absolute Gasteiger partial charge is 0.0462 e. The Bertz CT molecular complexity index is 1540. The second kappa shape index (κ2) is 10.0. The van der Waals surface area contributed by atoms with Crippen LogP contribution in [0.25, 0.3) is 54.1 Å². The van der Waals surface area contributed by atoms with Gasteiger partial charge in [0.1, 0.15) is 0 Å². The molecule has 4 aromatic carbocycles. The van der Waals surface area contributed by atoms with Gasteiger partial charge in [-0.15, -0.1) is 0 Å². The van der Waals surface area contributed by atoms with E-state index in [0.717, 1.165) is 12.8 Å². The van der Waals surface area contributed by atoms with E-state index >= 15 is 0 Å². The first-order chi connectivity index (χ1) is 17.8. The molecule has 184 valence electrons. The number of aromatic amines is 2. The molecular formula is C34H38N2. The summed E-state index contributed by atoms with van der Waals surface area (Å²) in [5.74, 6) is 0. The molecule has 0 atom stereocenters. The van der Waals surface area contributed by atoms with E-state index in [4.69, 9.17) is 0 Å². The second-order valence-corrected chi connectivity index (χ2v) is 10.7. The highest BCUT2D eigenvalue weighted by Crippen LogP contribution is 2.37. The zero-order valence-electron chi connectivity index (χ0n) is 21.8. The van der Waals surface area contributed by atoms with Gasteiger partial charge < -0.3 is 9.97 Å². The molecule has 2 heterocycles. The van der Waals surface area contributed by atoms with Crippen molar-refractivity contribution in [2.75, 3.05) is 0 Å². The highest BCUT2D eigenvalue weighted by Gasteiger charge is 2.12. The molecule has 0 unspecified atom stereocenters. The highest BCUT2D eigenvalue weighted by atomic mass is 14.7. The summed E-state index contributed by atoms with van der Waals surface area (Å²) in [5.41, 5.74) is 5.25. The molecule has 0 amide bonds. The van der Waals surface area contributed by atoms with E-state index in [0.29, 0.717) is 0 Å². The largest absolute Gasteiger partial charge is 0.358 e. The lowest BCUT2D eigenvalue weighted by Gasteiger charge is -2.09. The number of H-pyrrole nitrogens is 2. The quantitative estimate of drug-likeness (QED) is 0.146. The Labute approximate surface area is 214 Å². The Morgan fingerprint density at radius 1 is 0.417 bits per heavy atom. The molecule has 2 aromatic heterocycles. The molecule has 2 heteroatoms. The number of aromatic nitrogens is 2. The first-order valence-electron chi connectivity index (χ1n) is 14.2. The molecule has 0 bridgehead atoms. The van der Waals surface area contributed by atoms with Crippen molar-refractivity contribution >= 4 is 54.1 Å². The number of nitrogens with one attached hydrogen (secondary N) is 2. The maximum Gasteiger partial charge on any atom is 0.0462 e. The molecule has 0 spiro atoms. The molecule has 2 N–H and O–H groups in total. The minimum Gasteiger partial charge on any atom is -0.358 e. The van der Waals surface area contributed by atoms with Crippen LogP contribution >= 0.6 is 0 Å². The lowest BCUT2D eigenvalue weighted by molar-refractivity contribution is 0.662. The predicted octanol–water partition coefficient (Wildman–Crippen LogP) is 10.4. The highest BCUT2D eigenvalue weighted by molar-refractivity contribution is 6.24. The normalized spacial score (nSPS) is 12.2. The van der Waals surface area contributed by atoms with Crippen molar-refractivity contribution in [2.45, 2.75) is 78.1 Å². The number of benzene rings is 4. The molecule has 0 aliphatic carbocycles. The van der Waals surface area contributed by atoms with Crippen LogP contribution in [0.15, 0.2) is 60.7 Å². The first-order valence-corrected chi connectivity index (χ1v) is 14.2. The van der Waals surface area contributed by atoms with Gasteiger partial charge in [-0.1, -0.05) is 88.8 Å². The maximum absolute atomic E-state index is 3.68. The molecule has 36 heavy (non-hydrogen) atoms. The zero-order valence-corrected chi connectivity index (χ0v) is 21.8. The van der Waals surface area contributed by atoms with Crippen molar-refractivity contribution in [1.82, 2.24) is 9.97 Å². The minimum absolute atomic E-state index is 1.14.